The van der Waals surface area contributed by atoms with E-state index in [-0.39, 0.29) is 17.0 Å². The second-order valence-corrected chi connectivity index (χ2v) is 7.39. The van der Waals surface area contributed by atoms with Crippen molar-refractivity contribution in [2.75, 3.05) is 6.54 Å². The zero-order valence-electron chi connectivity index (χ0n) is 13.2. The van der Waals surface area contributed by atoms with E-state index < -0.39 is 7.12 Å². The van der Waals surface area contributed by atoms with Crippen LogP contribution in [-0.2, 0) is 9.31 Å². The zero-order chi connectivity index (χ0) is 15.8. The maximum Gasteiger partial charge on any atom is 0.491 e. The van der Waals surface area contributed by atoms with E-state index in [0.717, 1.165) is 15.2 Å². The maximum absolute atomic E-state index is 11.4. The molecule has 2 rings (SSSR count). The monoisotopic (exact) mass is 307 g/mol. The van der Waals surface area contributed by atoms with Gasteiger partial charge in [0.15, 0.2) is 5.78 Å². The third-order valence-corrected chi connectivity index (χ3v) is 5.23. The first-order valence-corrected chi connectivity index (χ1v) is 7.85. The van der Waals surface area contributed by atoms with Crippen molar-refractivity contribution in [1.29, 1.82) is 0 Å². The average molecular weight is 307 g/mol. The molecule has 1 aromatic heterocycles. The second-order valence-electron chi connectivity index (χ2n) is 6.27. The Morgan fingerprint density at radius 2 is 1.86 bits per heavy atom. The highest BCUT2D eigenvalue weighted by Gasteiger charge is 2.52. The number of Topliss-reactive ketones (excluding diaryl/α,β-unsaturated/α-hetero) is 1. The normalized spacial score (nSPS) is 20.9. The van der Waals surface area contributed by atoms with Gasteiger partial charge in [0.25, 0.3) is 0 Å². The molecule has 1 aliphatic heterocycles. The van der Waals surface area contributed by atoms with Gasteiger partial charge in [-0.1, -0.05) is 0 Å². The zero-order valence-corrected chi connectivity index (χ0v) is 14.0. The van der Waals surface area contributed by atoms with Crippen molar-refractivity contribution in [2.45, 2.75) is 45.8 Å². The smallest absolute Gasteiger partial charge is 0.400 e. The van der Waals surface area contributed by atoms with Gasteiger partial charge in [-0.2, -0.15) is 0 Å². The summed E-state index contributed by atoms with van der Waals surface area (Å²) in [5.41, 5.74) is 5.97. The van der Waals surface area contributed by atoms with Gasteiger partial charge in [-0.25, -0.2) is 0 Å². The molecule has 0 bridgehead atoms. The van der Waals surface area contributed by atoms with Gasteiger partial charge in [0.2, 0.25) is 0 Å². The van der Waals surface area contributed by atoms with Crippen molar-refractivity contribution in [3.05, 3.63) is 27.4 Å². The maximum atomic E-state index is 11.4. The molecule has 21 heavy (non-hydrogen) atoms. The van der Waals surface area contributed by atoms with Crippen LogP contribution in [0.5, 0.6) is 0 Å². The van der Waals surface area contributed by atoms with Crippen LogP contribution in [0.15, 0.2) is 17.6 Å². The molecule has 0 atom stereocenters. The number of hydrogen-bond acceptors (Lipinski definition) is 5. The van der Waals surface area contributed by atoms with Crippen molar-refractivity contribution in [3.63, 3.8) is 0 Å². The van der Waals surface area contributed by atoms with E-state index in [4.69, 9.17) is 15.0 Å². The molecule has 0 amide bonds. The van der Waals surface area contributed by atoms with Crippen molar-refractivity contribution >= 4 is 30.3 Å². The lowest BCUT2D eigenvalue weighted by Gasteiger charge is -2.32. The van der Waals surface area contributed by atoms with Crippen LogP contribution in [-0.4, -0.2) is 30.6 Å². The summed E-state index contributed by atoms with van der Waals surface area (Å²) in [5, 5.41) is 0. The minimum Gasteiger partial charge on any atom is -0.400 e. The quantitative estimate of drug-likeness (QED) is 0.686. The van der Waals surface area contributed by atoms with Gasteiger partial charge >= 0.3 is 7.12 Å². The molecule has 1 fully saturated rings. The Kier molecular flexibility index (Phi) is 4.45. The van der Waals surface area contributed by atoms with E-state index in [1.807, 2.05) is 45.9 Å². The summed E-state index contributed by atoms with van der Waals surface area (Å²) in [4.78, 5) is 13.1. The molecule has 4 nitrogen and oxygen atoms in total. The van der Waals surface area contributed by atoms with E-state index in [1.54, 1.807) is 6.92 Å². The molecule has 2 heterocycles. The third-order valence-electron chi connectivity index (χ3n) is 4.09. The number of thiophene rings is 1. The fourth-order valence-corrected chi connectivity index (χ4v) is 2.90. The van der Waals surface area contributed by atoms with Crippen LogP contribution in [0.25, 0.3) is 6.08 Å². The Morgan fingerprint density at radius 3 is 2.29 bits per heavy atom. The Hall–Kier alpha value is -0.945. The molecule has 114 valence electrons. The number of nitrogens with two attached hydrogens (primary N) is 1. The highest BCUT2D eigenvalue weighted by Crippen LogP contribution is 2.38. The highest BCUT2D eigenvalue weighted by atomic mass is 32.1. The van der Waals surface area contributed by atoms with Gasteiger partial charge in [0.1, 0.15) is 0 Å². The van der Waals surface area contributed by atoms with Gasteiger partial charge in [-0.05, 0) is 58.3 Å². The summed E-state index contributed by atoms with van der Waals surface area (Å²) in [6.07, 6.45) is 1.96. The third kappa shape index (κ3) is 3.29. The minimum absolute atomic E-state index is 0.0737. The molecule has 0 unspecified atom stereocenters. The summed E-state index contributed by atoms with van der Waals surface area (Å²) < 4.78 is 12.0. The highest BCUT2D eigenvalue weighted by molar-refractivity contribution is 7.14. The van der Waals surface area contributed by atoms with Crippen LogP contribution in [0, 0.1) is 0 Å². The first-order chi connectivity index (χ1) is 9.66. The van der Waals surface area contributed by atoms with Crippen LogP contribution < -0.4 is 5.73 Å². The van der Waals surface area contributed by atoms with E-state index in [1.165, 1.54) is 11.3 Å². The number of carbonyl (C=O) groups is 1. The van der Waals surface area contributed by atoms with E-state index in [9.17, 15) is 4.79 Å². The topological polar surface area (TPSA) is 61.6 Å². The van der Waals surface area contributed by atoms with Gasteiger partial charge < -0.3 is 15.0 Å². The first-order valence-electron chi connectivity index (χ1n) is 7.03. The van der Waals surface area contributed by atoms with E-state index in [2.05, 4.69) is 0 Å². The lowest BCUT2D eigenvalue weighted by molar-refractivity contribution is 0.00578. The van der Waals surface area contributed by atoms with Crippen LogP contribution in [0.1, 0.15) is 49.2 Å². The molecule has 1 saturated heterocycles. The molecule has 0 aliphatic carbocycles. The molecule has 1 aromatic rings. The fourth-order valence-electron chi connectivity index (χ4n) is 2.02. The fraction of sp³-hybridized carbons (Fsp3) is 0.533. The molecular formula is C15H22BNO3S. The summed E-state index contributed by atoms with van der Waals surface area (Å²) in [7, 11) is -0.442. The molecule has 2 N–H and O–H groups in total. The predicted molar refractivity (Wildman–Crippen MR) is 87.4 cm³/mol. The van der Waals surface area contributed by atoms with Gasteiger partial charge in [-0.3, -0.25) is 4.79 Å². The molecular weight excluding hydrogens is 285 g/mol. The van der Waals surface area contributed by atoms with Crippen LogP contribution in [0.2, 0.25) is 0 Å². The van der Waals surface area contributed by atoms with Gasteiger partial charge in [0.05, 0.1) is 16.1 Å². The van der Waals surface area contributed by atoms with Crippen molar-refractivity contribution in [2.24, 2.45) is 5.73 Å². The number of ketones is 1. The summed E-state index contributed by atoms with van der Waals surface area (Å²) in [6.45, 7) is 9.97. The summed E-state index contributed by atoms with van der Waals surface area (Å²) in [6, 6.07) is 3.75. The number of rotatable bonds is 4. The number of carbonyl (C=O) groups excluding carboxylic acids is 1. The van der Waals surface area contributed by atoms with Crippen LogP contribution in [0.3, 0.4) is 0 Å². The minimum atomic E-state index is -0.442. The average Bonchev–Trinajstić information content (AvgIpc) is 2.90. The first kappa shape index (κ1) is 16.4. The Bertz CT molecular complexity index is 561. The Labute approximate surface area is 130 Å². The Balaban J connectivity index is 2.24. The molecule has 1 aliphatic rings. The SMILES string of the molecule is CC(=O)c1ccc(C=C(CN)B2OC(C)(C)C(C)(C)O2)s1. The lowest BCUT2D eigenvalue weighted by atomic mass is 9.77. The molecule has 6 heteroatoms. The van der Waals surface area contributed by atoms with Crippen molar-refractivity contribution in [1.82, 2.24) is 0 Å². The predicted octanol–water partition coefficient (Wildman–Crippen LogP) is 2.92. The summed E-state index contributed by atoms with van der Waals surface area (Å²) in [5.74, 6) is 0.0737. The van der Waals surface area contributed by atoms with Crippen LogP contribution in [0.4, 0.5) is 0 Å². The van der Waals surface area contributed by atoms with Gasteiger partial charge in [-0.15, -0.1) is 11.3 Å². The lowest BCUT2D eigenvalue weighted by Crippen LogP contribution is -2.41. The molecule has 0 radical (unpaired) electrons. The standard InChI is InChI=1S/C15H22BNO3S/c1-10(18)13-7-6-12(21-13)8-11(9-17)16-19-14(2,3)15(4,5)20-16/h6-8H,9,17H2,1-5H3. The van der Waals surface area contributed by atoms with Gasteiger partial charge in [0, 0.05) is 11.4 Å². The van der Waals surface area contributed by atoms with Crippen LogP contribution >= 0.6 is 11.3 Å². The Morgan fingerprint density at radius 1 is 1.29 bits per heavy atom. The van der Waals surface area contributed by atoms with E-state index >= 15 is 0 Å². The van der Waals surface area contributed by atoms with Crippen molar-refractivity contribution in [3.8, 4) is 0 Å². The summed E-state index contributed by atoms with van der Waals surface area (Å²) >= 11 is 1.45. The molecule has 0 aromatic carbocycles. The molecule has 0 spiro atoms. The number of hydrogen-bond donors (Lipinski definition) is 1. The van der Waals surface area contributed by atoms with Crippen molar-refractivity contribution < 1.29 is 14.1 Å². The largest absolute Gasteiger partial charge is 0.491 e. The second kappa shape index (κ2) is 5.68. The van der Waals surface area contributed by atoms with E-state index in [0.29, 0.717) is 6.54 Å². The molecule has 0 saturated carbocycles.